The van der Waals surface area contributed by atoms with Gasteiger partial charge in [-0.1, -0.05) is 81.4 Å². The molecule has 260 valence electrons. The van der Waals surface area contributed by atoms with Crippen LogP contribution in [-0.2, 0) is 39.9 Å². The van der Waals surface area contributed by atoms with Crippen LogP contribution in [0.5, 0.6) is 11.5 Å². The number of carbonyl (C=O) groups is 5. The molecule has 0 saturated carbocycles. The van der Waals surface area contributed by atoms with Gasteiger partial charge in [-0.3, -0.25) is 9.59 Å². The van der Waals surface area contributed by atoms with Crippen molar-refractivity contribution >= 4 is 29.8 Å². The number of benzene rings is 3. The highest BCUT2D eigenvalue weighted by Gasteiger charge is 2.75. The maximum atomic E-state index is 14.5. The van der Waals surface area contributed by atoms with Crippen molar-refractivity contribution in [3.63, 3.8) is 0 Å². The molecule has 4 rings (SSSR count). The largest absolute Gasteiger partial charge is 0.480 e. The predicted octanol–water partition coefficient (Wildman–Crippen LogP) is 4.65. The lowest BCUT2D eigenvalue weighted by Gasteiger charge is -2.42. The second-order valence-corrected chi connectivity index (χ2v) is 12.8. The van der Waals surface area contributed by atoms with Crippen molar-refractivity contribution in [2.45, 2.75) is 70.0 Å². The van der Waals surface area contributed by atoms with Gasteiger partial charge in [-0.25, -0.2) is 14.4 Å². The number of para-hydroxylation sites is 1. The molecule has 13 nitrogen and oxygen atoms in total. The van der Waals surface area contributed by atoms with Crippen molar-refractivity contribution in [1.29, 1.82) is 0 Å². The van der Waals surface area contributed by atoms with Crippen LogP contribution in [0.3, 0.4) is 0 Å². The monoisotopic (exact) mass is 677 g/mol. The van der Waals surface area contributed by atoms with Crippen LogP contribution in [0.2, 0.25) is 0 Å². The number of carboxylic acid groups (broad SMARTS) is 4. The first kappa shape index (κ1) is 36.6. The van der Waals surface area contributed by atoms with Crippen LogP contribution in [0.25, 0.3) is 0 Å². The molecule has 3 aromatic rings. The molecule has 0 spiro atoms. The molecule has 4 atom stereocenters. The number of rotatable bonds is 14. The third-order valence-electron chi connectivity index (χ3n) is 8.71. The summed E-state index contributed by atoms with van der Waals surface area (Å²) >= 11 is 0. The molecule has 4 unspecified atom stereocenters. The molecule has 0 bridgehead atoms. The number of ether oxygens (including phenoxy) is 3. The third-order valence-corrected chi connectivity index (χ3v) is 8.71. The van der Waals surface area contributed by atoms with E-state index in [9.17, 15) is 44.4 Å². The minimum Gasteiger partial charge on any atom is -0.480 e. The maximum absolute atomic E-state index is 14.5. The van der Waals surface area contributed by atoms with Crippen LogP contribution in [0, 0.1) is 5.41 Å². The Morgan fingerprint density at radius 2 is 1.33 bits per heavy atom. The van der Waals surface area contributed by atoms with E-state index in [0.29, 0.717) is 29.9 Å². The third kappa shape index (κ3) is 7.42. The average molecular weight is 678 g/mol. The number of hydrogen-bond donors (Lipinski definition) is 4. The van der Waals surface area contributed by atoms with Crippen LogP contribution in [0.4, 0.5) is 0 Å². The Balaban J connectivity index is 1.79. The summed E-state index contributed by atoms with van der Waals surface area (Å²) in [5.41, 5.74) is -2.82. The fraction of sp³-hybridized carbons (Fsp3) is 0.361. The van der Waals surface area contributed by atoms with E-state index < -0.39 is 71.2 Å². The Labute approximate surface area is 282 Å². The second kappa shape index (κ2) is 14.5. The lowest BCUT2D eigenvalue weighted by molar-refractivity contribution is -0.233. The van der Waals surface area contributed by atoms with Gasteiger partial charge in [-0.15, -0.1) is 0 Å². The van der Waals surface area contributed by atoms with Gasteiger partial charge < -0.3 is 39.5 Å². The molecule has 49 heavy (non-hydrogen) atoms. The van der Waals surface area contributed by atoms with Crippen LogP contribution in [0.15, 0.2) is 84.9 Å². The first-order chi connectivity index (χ1) is 23.0. The van der Waals surface area contributed by atoms with Crippen molar-refractivity contribution in [3.05, 3.63) is 96.1 Å². The fourth-order valence-electron chi connectivity index (χ4n) is 6.08. The Morgan fingerprint density at radius 3 is 1.82 bits per heavy atom. The molecule has 1 aliphatic heterocycles. The zero-order valence-electron chi connectivity index (χ0n) is 27.4. The van der Waals surface area contributed by atoms with Crippen molar-refractivity contribution in [1.82, 2.24) is 4.90 Å². The zero-order valence-corrected chi connectivity index (χ0v) is 27.4. The Bertz CT molecular complexity index is 1660. The minimum absolute atomic E-state index is 0.396. The molecular formula is C36H39NO12. The molecule has 13 heteroatoms. The molecule has 0 radical (unpaired) electrons. The molecule has 1 aliphatic rings. The van der Waals surface area contributed by atoms with Gasteiger partial charge in [0.15, 0.2) is 6.10 Å². The lowest BCUT2D eigenvalue weighted by Crippen LogP contribution is -2.63. The molecule has 1 fully saturated rings. The van der Waals surface area contributed by atoms with E-state index in [1.165, 1.54) is 20.8 Å². The normalized spacial score (nSPS) is 19.7. The highest BCUT2D eigenvalue weighted by molar-refractivity contribution is 6.03. The summed E-state index contributed by atoms with van der Waals surface area (Å²) in [7, 11) is 0. The molecule has 1 heterocycles. The van der Waals surface area contributed by atoms with Crippen LogP contribution in [-0.4, -0.2) is 85.2 Å². The maximum Gasteiger partial charge on any atom is 0.377 e. The van der Waals surface area contributed by atoms with E-state index in [1.807, 2.05) is 48.5 Å². The molecule has 4 N–H and O–H groups in total. The summed E-state index contributed by atoms with van der Waals surface area (Å²) in [6, 6.07) is 24.6. The van der Waals surface area contributed by atoms with Gasteiger partial charge in [-0.2, -0.15) is 0 Å². The van der Waals surface area contributed by atoms with Gasteiger partial charge in [-0.05, 0) is 55.2 Å². The molecule has 1 amide bonds. The molecule has 0 aromatic heterocycles. The summed E-state index contributed by atoms with van der Waals surface area (Å²) in [4.78, 5) is 65.0. The van der Waals surface area contributed by atoms with Gasteiger partial charge in [0.05, 0.1) is 0 Å². The van der Waals surface area contributed by atoms with E-state index in [-0.39, 0.29) is 0 Å². The quantitative estimate of drug-likeness (QED) is 0.173. The van der Waals surface area contributed by atoms with Crippen LogP contribution >= 0.6 is 0 Å². The Hall–Kier alpha value is -5.27. The highest BCUT2D eigenvalue weighted by atomic mass is 16.8. The Kier molecular flexibility index (Phi) is 10.8. The highest BCUT2D eigenvalue weighted by Crippen LogP contribution is 2.49. The number of aliphatic carboxylic acids is 4. The summed E-state index contributed by atoms with van der Waals surface area (Å²) in [6.45, 7) is 4.59. The van der Waals surface area contributed by atoms with Gasteiger partial charge in [0.1, 0.15) is 18.0 Å². The van der Waals surface area contributed by atoms with Gasteiger partial charge in [0.25, 0.3) is 5.91 Å². The average Bonchev–Trinajstić information content (AvgIpc) is 3.45. The molecule has 1 saturated heterocycles. The first-order valence-electron chi connectivity index (χ1n) is 15.5. The first-order valence-corrected chi connectivity index (χ1v) is 15.5. The second-order valence-electron chi connectivity index (χ2n) is 12.8. The van der Waals surface area contributed by atoms with Gasteiger partial charge in [0.2, 0.25) is 5.60 Å². The number of amides is 1. The van der Waals surface area contributed by atoms with Gasteiger partial charge in [0, 0.05) is 17.4 Å². The molecular weight excluding hydrogens is 638 g/mol. The van der Waals surface area contributed by atoms with Crippen molar-refractivity contribution in [3.8, 4) is 11.5 Å². The zero-order chi connectivity index (χ0) is 36.1. The topological polar surface area (TPSA) is 197 Å². The van der Waals surface area contributed by atoms with E-state index in [0.717, 1.165) is 10.5 Å². The fourth-order valence-corrected chi connectivity index (χ4v) is 6.08. The predicted molar refractivity (Wildman–Crippen MR) is 173 cm³/mol. The van der Waals surface area contributed by atoms with E-state index in [1.54, 1.807) is 43.3 Å². The number of nitrogens with zero attached hydrogens (tertiary/aromatic N) is 1. The minimum atomic E-state index is -3.56. The van der Waals surface area contributed by atoms with Crippen LogP contribution in [0.1, 0.15) is 51.2 Å². The molecule has 3 aromatic carbocycles. The molecule has 0 aliphatic carbocycles. The number of carboxylic acids is 4. The lowest BCUT2D eigenvalue weighted by atomic mass is 9.72. The smallest absolute Gasteiger partial charge is 0.377 e. The number of hydrogen-bond acceptors (Lipinski definition) is 8. The van der Waals surface area contributed by atoms with Crippen molar-refractivity contribution in [2.75, 3.05) is 6.54 Å². The Morgan fingerprint density at radius 1 is 0.796 bits per heavy atom. The summed E-state index contributed by atoms with van der Waals surface area (Å²) < 4.78 is 16.6. The standard InChI is InChI=1S/C36H39NO12/c1-22(27(20-15-23-11-7-5-8-12-23)24-16-18-26(19-17-24)47-25-13-9-6-10-14-25)37(21-28(38)39)30(40)29-35(31(41)42,34(2,3)4)49-36(48-29,32(43)44)33(45)46/h5-14,16-19,22,27,29H,15,20-21H2,1-4H3,(H,38,39)(H,41,42)(H,43,44)(H,45,46). The van der Waals surface area contributed by atoms with E-state index in [2.05, 4.69) is 0 Å². The van der Waals surface area contributed by atoms with Crippen LogP contribution < -0.4 is 4.74 Å². The summed E-state index contributed by atoms with van der Waals surface area (Å²) in [5.74, 6) is -11.9. The van der Waals surface area contributed by atoms with E-state index in [4.69, 9.17) is 14.2 Å². The SMILES string of the molecule is CC(C(CCc1ccccc1)c1ccc(Oc2ccccc2)cc1)N(CC(=O)O)C(=O)C1OC(C(=O)O)(C(=O)O)OC1(C(=O)O)C(C)(C)C. The summed E-state index contributed by atoms with van der Waals surface area (Å²) in [6.07, 6.45) is -1.46. The van der Waals surface area contributed by atoms with Crippen molar-refractivity contribution in [2.24, 2.45) is 5.41 Å². The van der Waals surface area contributed by atoms with Crippen molar-refractivity contribution < 1.29 is 58.6 Å². The number of carbonyl (C=O) groups excluding carboxylic acids is 1. The number of aryl methyl sites for hydroxylation is 1. The van der Waals surface area contributed by atoms with E-state index >= 15 is 0 Å². The summed E-state index contributed by atoms with van der Waals surface area (Å²) in [5, 5.41) is 40.2. The van der Waals surface area contributed by atoms with Gasteiger partial charge >= 0.3 is 29.7 Å².